The SMILES string of the molecule is CC1CCCC(N)(C(=O)NCCNS(C)(=O)=O)C1. The molecule has 0 spiro atoms. The van der Waals surface area contributed by atoms with Crippen LogP contribution in [0.3, 0.4) is 0 Å². The lowest BCUT2D eigenvalue weighted by molar-refractivity contribution is -0.128. The quantitative estimate of drug-likeness (QED) is 0.593. The summed E-state index contributed by atoms with van der Waals surface area (Å²) >= 11 is 0. The topological polar surface area (TPSA) is 101 Å². The Balaban J connectivity index is 2.36. The third kappa shape index (κ3) is 4.91. The zero-order valence-electron chi connectivity index (χ0n) is 11.0. The zero-order chi connectivity index (χ0) is 13.8. The fourth-order valence-corrected chi connectivity index (χ4v) is 2.86. The molecule has 1 saturated carbocycles. The summed E-state index contributed by atoms with van der Waals surface area (Å²) in [6.45, 7) is 2.55. The Labute approximate surface area is 109 Å². The van der Waals surface area contributed by atoms with Crippen molar-refractivity contribution in [3.8, 4) is 0 Å². The Morgan fingerprint density at radius 1 is 1.44 bits per heavy atom. The first-order chi connectivity index (χ1) is 8.23. The summed E-state index contributed by atoms with van der Waals surface area (Å²) < 4.78 is 24.0. The maximum atomic E-state index is 12.0. The third-order valence-corrected chi connectivity index (χ3v) is 3.99. The van der Waals surface area contributed by atoms with Crippen LogP contribution in [0.1, 0.15) is 32.6 Å². The number of sulfonamides is 1. The van der Waals surface area contributed by atoms with E-state index in [4.69, 9.17) is 5.73 Å². The molecule has 2 unspecified atom stereocenters. The molecule has 1 aliphatic rings. The van der Waals surface area contributed by atoms with Gasteiger partial charge < -0.3 is 11.1 Å². The molecule has 0 aromatic carbocycles. The van der Waals surface area contributed by atoms with E-state index in [-0.39, 0.29) is 19.0 Å². The number of nitrogens with two attached hydrogens (primary N) is 1. The lowest BCUT2D eigenvalue weighted by Crippen LogP contribution is -2.56. The summed E-state index contributed by atoms with van der Waals surface area (Å²) in [6.07, 6.45) is 4.55. The molecule has 7 heteroatoms. The molecule has 1 aliphatic carbocycles. The van der Waals surface area contributed by atoms with E-state index in [1.165, 1.54) is 0 Å². The van der Waals surface area contributed by atoms with Gasteiger partial charge in [0, 0.05) is 13.1 Å². The Kier molecular flexibility index (Phi) is 5.12. The molecular weight excluding hydrogens is 254 g/mol. The second-order valence-corrected chi connectivity index (χ2v) is 7.11. The molecule has 0 saturated heterocycles. The van der Waals surface area contributed by atoms with Crippen LogP contribution in [0.5, 0.6) is 0 Å². The molecule has 6 nitrogen and oxygen atoms in total. The van der Waals surface area contributed by atoms with Gasteiger partial charge in [0.05, 0.1) is 11.8 Å². The first kappa shape index (κ1) is 15.4. The average Bonchev–Trinajstić information content (AvgIpc) is 2.22. The highest BCUT2D eigenvalue weighted by Crippen LogP contribution is 2.30. The summed E-state index contributed by atoms with van der Waals surface area (Å²) in [5.41, 5.74) is 5.32. The smallest absolute Gasteiger partial charge is 0.240 e. The van der Waals surface area contributed by atoms with Crippen molar-refractivity contribution in [1.29, 1.82) is 0 Å². The van der Waals surface area contributed by atoms with Crippen LogP contribution in [0.4, 0.5) is 0 Å². The van der Waals surface area contributed by atoms with Gasteiger partial charge >= 0.3 is 0 Å². The minimum absolute atomic E-state index is 0.177. The molecule has 106 valence electrons. The van der Waals surface area contributed by atoms with Crippen molar-refractivity contribution in [2.75, 3.05) is 19.3 Å². The summed E-state index contributed by atoms with van der Waals surface area (Å²) in [5.74, 6) is 0.285. The predicted octanol–water partition coefficient (Wildman–Crippen LogP) is -0.441. The van der Waals surface area contributed by atoms with Crippen LogP contribution in [0.25, 0.3) is 0 Å². The second kappa shape index (κ2) is 5.99. The first-order valence-corrected chi connectivity index (χ1v) is 8.14. The molecular formula is C11H23N3O3S. The fraction of sp³-hybridized carbons (Fsp3) is 0.909. The van der Waals surface area contributed by atoms with Crippen LogP contribution in [-0.4, -0.2) is 39.2 Å². The molecule has 0 radical (unpaired) electrons. The first-order valence-electron chi connectivity index (χ1n) is 6.25. The zero-order valence-corrected chi connectivity index (χ0v) is 11.8. The molecule has 0 heterocycles. The van der Waals surface area contributed by atoms with E-state index in [0.717, 1.165) is 19.1 Å². The van der Waals surface area contributed by atoms with Crippen LogP contribution in [-0.2, 0) is 14.8 Å². The van der Waals surface area contributed by atoms with Gasteiger partial charge in [-0.15, -0.1) is 0 Å². The third-order valence-electron chi connectivity index (χ3n) is 3.26. The Morgan fingerprint density at radius 2 is 2.11 bits per heavy atom. The Morgan fingerprint density at radius 3 is 2.67 bits per heavy atom. The van der Waals surface area contributed by atoms with Gasteiger partial charge in [-0.1, -0.05) is 19.8 Å². The lowest BCUT2D eigenvalue weighted by Gasteiger charge is -2.35. The maximum absolute atomic E-state index is 12.0. The minimum atomic E-state index is -3.20. The number of carbonyl (C=O) groups excluding carboxylic acids is 1. The van der Waals surface area contributed by atoms with Crippen molar-refractivity contribution in [3.05, 3.63) is 0 Å². The molecule has 1 amide bonds. The normalized spacial score (nSPS) is 28.9. The van der Waals surface area contributed by atoms with Gasteiger partial charge in [0.25, 0.3) is 0 Å². The van der Waals surface area contributed by atoms with E-state index in [1.54, 1.807) is 0 Å². The van der Waals surface area contributed by atoms with Crippen LogP contribution in [0, 0.1) is 5.92 Å². The van der Waals surface area contributed by atoms with Gasteiger partial charge in [-0.2, -0.15) is 0 Å². The Bertz CT molecular complexity index is 396. The van der Waals surface area contributed by atoms with Crippen LogP contribution in [0.2, 0.25) is 0 Å². The van der Waals surface area contributed by atoms with Gasteiger partial charge in [0.15, 0.2) is 0 Å². The van der Waals surface area contributed by atoms with Gasteiger partial charge in [-0.05, 0) is 18.8 Å². The van der Waals surface area contributed by atoms with Crippen molar-refractivity contribution < 1.29 is 13.2 Å². The molecule has 0 aliphatic heterocycles. The molecule has 2 atom stereocenters. The second-order valence-electron chi connectivity index (χ2n) is 5.28. The van der Waals surface area contributed by atoms with Gasteiger partial charge in [0.1, 0.15) is 0 Å². The minimum Gasteiger partial charge on any atom is -0.353 e. The monoisotopic (exact) mass is 277 g/mol. The largest absolute Gasteiger partial charge is 0.353 e. The maximum Gasteiger partial charge on any atom is 0.240 e. The van der Waals surface area contributed by atoms with E-state index >= 15 is 0 Å². The van der Waals surface area contributed by atoms with Crippen molar-refractivity contribution in [1.82, 2.24) is 10.0 Å². The van der Waals surface area contributed by atoms with Crippen molar-refractivity contribution >= 4 is 15.9 Å². The van der Waals surface area contributed by atoms with Gasteiger partial charge in [0.2, 0.25) is 15.9 Å². The van der Waals surface area contributed by atoms with Gasteiger partial charge in [-0.3, -0.25) is 4.79 Å². The van der Waals surface area contributed by atoms with E-state index in [9.17, 15) is 13.2 Å². The summed E-state index contributed by atoms with van der Waals surface area (Å²) in [4.78, 5) is 12.0. The number of carbonyl (C=O) groups is 1. The van der Waals surface area contributed by atoms with Gasteiger partial charge in [-0.25, -0.2) is 13.1 Å². The summed E-state index contributed by atoms with van der Waals surface area (Å²) in [7, 11) is -3.20. The standard InChI is InChI=1S/C11H23N3O3S/c1-9-4-3-5-11(12,8-9)10(15)13-6-7-14-18(2,16)17/h9,14H,3-8,12H2,1-2H3,(H,13,15). The molecule has 1 rings (SSSR count). The fourth-order valence-electron chi connectivity index (χ4n) is 2.39. The molecule has 0 aromatic heterocycles. The molecule has 0 aromatic rings. The van der Waals surface area contributed by atoms with Crippen molar-refractivity contribution in [2.45, 2.75) is 38.1 Å². The van der Waals surface area contributed by atoms with Crippen LogP contribution >= 0.6 is 0 Å². The number of hydrogen-bond donors (Lipinski definition) is 3. The average molecular weight is 277 g/mol. The molecule has 0 bridgehead atoms. The molecule has 4 N–H and O–H groups in total. The van der Waals surface area contributed by atoms with Crippen molar-refractivity contribution in [3.63, 3.8) is 0 Å². The highest BCUT2D eigenvalue weighted by molar-refractivity contribution is 7.88. The number of amides is 1. The highest BCUT2D eigenvalue weighted by Gasteiger charge is 2.37. The summed E-state index contributed by atoms with van der Waals surface area (Å²) in [5, 5.41) is 2.70. The summed E-state index contributed by atoms with van der Waals surface area (Å²) in [6, 6.07) is 0. The molecule has 1 fully saturated rings. The van der Waals surface area contributed by atoms with Crippen LogP contribution < -0.4 is 15.8 Å². The predicted molar refractivity (Wildman–Crippen MR) is 70.4 cm³/mol. The van der Waals surface area contributed by atoms with E-state index in [0.29, 0.717) is 18.8 Å². The number of hydrogen-bond acceptors (Lipinski definition) is 4. The number of rotatable bonds is 5. The Hall–Kier alpha value is -0.660. The molecule has 18 heavy (non-hydrogen) atoms. The van der Waals surface area contributed by atoms with E-state index in [1.807, 2.05) is 0 Å². The lowest BCUT2D eigenvalue weighted by atomic mass is 9.76. The van der Waals surface area contributed by atoms with Crippen molar-refractivity contribution in [2.24, 2.45) is 11.7 Å². The van der Waals surface area contributed by atoms with E-state index < -0.39 is 15.6 Å². The van der Waals surface area contributed by atoms with Crippen LogP contribution in [0.15, 0.2) is 0 Å². The number of nitrogens with one attached hydrogen (secondary N) is 2. The van der Waals surface area contributed by atoms with E-state index in [2.05, 4.69) is 17.0 Å². The highest BCUT2D eigenvalue weighted by atomic mass is 32.2.